The number of halogens is 1. The molecular formula is C19H27IN4O2S. The molecule has 8 heteroatoms. The van der Waals surface area contributed by atoms with Crippen LogP contribution in [0.15, 0.2) is 52.4 Å². The van der Waals surface area contributed by atoms with Gasteiger partial charge < -0.3 is 11.1 Å². The predicted octanol–water partition coefficient (Wildman–Crippen LogP) is 3.05. The van der Waals surface area contributed by atoms with E-state index in [9.17, 15) is 8.42 Å². The van der Waals surface area contributed by atoms with Crippen molar-refractivity contribution in [3.63, 3.8) is 0 Å². The smallest absolute Gasteiger partial charge is 0.238 e. The minimum Gasteiger partial charge on any atom is -0.370 e. The van der Waals surface area contributed by atoms with E-state index in [0.717, 1.165) is 24.1 Å². The monoisotopic (exact) mass is 502 g/mol. The van der Waals surface area contributed by atoms with Crippen molar-refractivity contribution in [2.24, 2.45) is 15.9 Å². The van der Waals surface area contributed by atoms with Gasteiger partial charge in [0.1, 0.15) is 0 Å². The molecule has 0 saturated heterocycles. The predicted molar refractivity (Wildman–Crippen MR) is 122 cm³/mol. The Kier molecular flexibility index (Phi) is 9.20. The number of aryl methyl sites for hydroxylation is 2. The highest BCUT2D eigenvalue weighted by molar-refractivity contribution is 14.0. The summed E-state index contributed by atoms with van der Waals surface area (Å²) >= 11 is 0. The van der Waals surface area contributed by atoms with Crippen molar-refractivity contribution >= 4 is 45.6 Å². The number of nitrogens with zero attached hydrogens (tertiary/aromatic N) is 1. The summed E-state index contributed by atoms with van der Waals surface area (Å²) in [6, 6.07) is 12.7. The maximum absolute atomic E-state index is 11.3. The van der Waals surface area contributed by atoms with Crippen LogP contribution < -0.4 is 16.2 Å². The molecule has 0 atom stereocenters. The Balaban J connectivity index is 0.00000364. The van der Waals surface area contributed by atoms with Gasteiger partial charge >= 0.3 is 0 Å². The molecule has 2 aromatic carbocycles. The van der Waals surface area contributed by atoms with Crippen LogP contribution in [0.2, 0.25) is 0 Å². The van der Waals surface area contributed by atoms with Gasteiger partial charge in [-0.15, -0.1) is 24.0 Å². The van der Waals surface area contributed by atoms with Crippen LogP contribution in [0.25, 0.3) is 0 Å². The van der Waals surface area contributed by atoms with Crippen molar-refractivity contribution in [3.05, 3.63) is 59.2 Å². The fraction of sp³-hybridized carbons (Fsp3) is 0.316. The van der Waals surface area contributed by atoms with Gasteiger partial charge in [-0.1, -0.05) is 44.2 Å². The third-order valence-corrected chi connectivity index (χ3v) is 5.12. The second kappa shape index (κ2) is 10.6. The topological polar surface area (TPSA) is 111 Å². The number of nitrogens with two attached hydrogens (primary N) is 2. The summed E-state index contributed by atoms with van der Waals surface area (Å²) in [6.45, 7) is 4.72. The third-order valence-electron chi connectivity index (χ3n) is 4.19. The second-order valence-corrected chi connectivity index (χ2v) is 7.55. The largest absolute Gasteiger partial charge is 0.370 e. The first-order valence-corrected chi connectivity index (χ1v) is 10.2. The van der Waals surface area contributed by atoms with E-state index >= 15 is 0 Å². The lowest BCUT2D eigenvalue weighted by Gasteiger charge is -2.14. The number of aliphatic imine (C=N–C) groups is 1. The van der Waals surface area contributed by atoms with Gasteiger partial charge in [0.25, 0.3) is 0 Å². The van der Waals surface area contributed by atoms with Gasteiger partial charge in [-0.25, -0.2) is 13.6 Å². The van der Waals surface area contributed by atoms with E-state index in [1.54, 1.807) is 12.1 Å². The minimum absolute atomic E-state index is 0. The Hall–Kier alpha value is -1.65. The van der Waals surface area contributed by atoms with Crippen LogP contribution in [-0.2, 0) is 29.3 Å². The molecule has 0 radical (unpaired) electrons. The fourth-order valence-electron chi connectivity index (χ4n) is 2.72. The van der Waals surface area contributed by atoms with Gasteiger partial charge in [-0.05, 0) is 48.1 Å². The average molecular weight is 502 g/mol. The molecule has 0 aliphatic carbocycles. The van der Waals surface area contributed by atoms with E-state index in [-0.39, 0.29) is 28.9 Å². The molecule has 0 aromatic heterocycles. The summed E-state index contributed by atoms with van der Waals surface area (Å²) in [5, 5.41) is 8.32. The Morgan fingerprint density at radius 2 is 1.59 bits per heavy atom. The molecule has 0 bridgehead atoms. The van der Waals surface area contributed by atoms with E-state index in [1.165, 1.54) is 23.3 Å². The van der Waals surface area contributed by atoms with Gasteiger partial charge in [0, 0.05) is 12.2 Å². The number of sulfonamides is 1. The first-order chi connectivity index (χ1) is 12.3. The van der Waals surface area contributed by atoms with Gasteiger partial charge in [0.15, 0.2) is 5.96 Å². The van der Waals surface area contributed by atoms with Crippen LogP contribution in [0, 0.1) is 0 Å². The normalized spacial score (nSPS) is 11.7. The summed E-state index contributed by atoms with van der Waals surface area (Å²) < 4.78 is 22.5. The molecule has 0 aliphatic heterocycles. The average Bonchev–Trinajstić information content (AvgIpc) is 2.61. The molecule has 0 saturated carbocycles. The van der Waals surface area contributed by atoms with Crippen LogP contribution in [0.4, 0.5) is 5.69 Å². The van der Waals surface area contributed by atoms with Crippen molar-refractivity contribution in [1.29, 1.82) is 0 Å². The van der Waals surface area contributed by atoms with Crippen LogP contribution in [-0.4, -0.2) is 20.9 Å². The molecule has 0 fully saturated rings. The first-order valence-electron chi connectivity index (χ1n) is 8.64. The number of para-hydroxylation sites is 1. The highest BCUT2D eigenvalue weighted by Gasteiger charge is 2.08. The zero-order chi connectivity index (χ0) is 19.2. The number of primary sulfonamides is 1. The summed E-state index contributed by atoms with van der Waals surface area (Å²) in [4.78, 5) is 4.48. The number of benzene rings is 2. The molecule has 6 nitrogen and oxygen atoms in total. The Morgan fingerprint density at radius 3 is 2.07 bits per heavy atom. The van der Waals surface area contributed by atoms with Crippen molar-refractivity contribution in [2.75, 3.05) is 11.9 Å². The van der Waals surface area contributed by atoms with Crippen molar-refractivity contribution in [2.45, 2.75) is 38.0 Å². The molecule has 2 aromatic rings. The third kappa shape index (κ3) is 6.78. The molecule has 148 valence electrons. The molecule has 2 rings (SSSR count). The van der Waals surface area contributed by atoms with Crippen LogP contribution >= 0.6 is 24.0 Å². The van der Waals surface area contributed by atoms with Gasteiger partial charge in [-0.2, -0.15) is 0 Å². The van der Waals surface area contributed by atoms with E-state index < -0.39 is 10.0 Å². The molecule has 0 heterocycles. The van der Waals surface area contributed by atoms with Crippen LogP contribution in [0.5, 0.6) is 0 Å². The quantitative estimate of drug-likeness (QED) is 0.307. The lowest BCUT2D eigenvalue weighted by Crippen LogP contribution is -2.24. The first kappa shape index (κ1) is 23.4. The number of hydrogen-bond acceptors (Lipinski definition) is 3. The lowest BCUT2D eigenvalue weighted by molar-refractivity contribution is 0.598. The summed E-state index contributed by atoms with van der Waals surface area (Å²) in [6.07, 6.45) is 2.49. The number of anilines is 1. The van der Waals surface area contributed by atoms with Gasteiger partial charge in [0.05, 0.1) is 4.90 Å². The minimum atomic E-state index is -3.66. The zero-order valence-corrected chi connectivity index (χ0v) is 18.8. The van der Waals surface area contributed by atoms with Gasteiger partial charge in [0.2, 0.25) is 10.0 Å². The van der Waals surface area contributed by atoms with Gasteiger partial charge in [-0.3, -0.25) is 4.99 Å². The number of rotatable bonds is 7. The zero-order valence-electron chi connectivity index (χ0n) is 15.6. The number of nitrogens with one attached hydrogen (secondary N) is 1. The molecule has 27 heavy (non-hydrogen) atoms. The molecule has 0 amide bonds. The van der Waals surface area contributed by atoms with E-state index in [0.29, 0.717) is 18.9 Å². The number of hydrogen-bond donors (Lipinski definition) is 3. The molecular weight excluding hydrogens is 475 g/mol. The number of guanidine groups is 1. The standard InChI is InChI=1S/C19H26N4O2S.HI/c1-3-15-6-5-7-16(4-2)18(15)23-19(20)22-13-12-14-8-10-17(11-9-14)26(21,24)25;/h5-11H,3-4,12-13H2,1-2H3,(H3,20,22,23)(H2,21,24,25);1H. The second-order valence-electron chi connectivity index (χ2n) is 5.99. The maximum atomic E-state index is 11.3. The van der Waals surface area contributed by atoms with E-state index in [4.69, 9.17) is 10.9 Å². The molecule has 0 aliphatic rings. The van der Waals surface area contributed by atoms with Crippen molar-refractivity contribution in [3.8, 4) is 0 Å². The Bertz CT molecular complexity index is 859. The molecule has 5 N–H and O–H groups in total. The summed E-state index contributed by atoms with van der Waals surface area (Å²) in [7, 11) is -3.66. The SMILES string of the molecule is CCc1cccc(CC)c1NC(N)=NCCc1ccc(S(N)(=O)=O)cc1.I. The van der Waals surface area contributed by atoms with Crippen molar-refractivity contribution in [1.82, 2.24) is 0 Å². The Morgan fingerprint density at radius 1 is 1.04 bits per heavy atom. The van der Waals surface area contributed by atoms with E-state index in [1.807, 2.05) is 0 Å². The lowest BCUT2D eigenvalue weighted by atomic mass is 10.0. The highest BCUT2D eigenvalue weighted by atomic mass is 127. The summed E-state index contributed by atoms with van der Waals surface area (Å²) in [5.74, 6) is 0.377. The van der Waals surface area contributed by atoms with Crippen LogP contribution in [0.3, 0.4) is 0 Å². The Labute approximate surface area is 178 Å². The van der Waals surface area contributed by atoms with Crippen molar-refractivity contribution < 1.29 is 8.42 Å². The fourth-order valence-corrected chi connectivity index (χ4v) is 3.24. The molecule has 0 unspecified atom stereocenters. The highest BCUT2D eigenvalue weighted by Crippen LogP contribution is 2.22. The van der Waals surface area contributed by atoms with E-state index in [2.05, 4.69) is 42.4 Å². The molecule has 0 spiro atoms. The maximum Gasteiger partial charge on any atom is 0.238 e. The van der Waals surface area contributed by atoms with Crippen LogP contribution in [0.1, 0.15) is 30.5 Å². The summed E-state index contributed by atoms with van der Waals surface area (Å²) in [5.41, 5.74) is 10.5.